The largest absolute Gasteiger partial charge is 0.369 e. The second kappa shape index (κ2) is 5.95. The summed E-state index contributed by atoms with van der Waals surface area (Å²) < 4.78 is 0. The maximum Gasteiger partial charge on any atom is 0.273 e. The fourth-order valence-electron chi connectivity index (χ4n) is 2.41. The van der Waals surface area contributed by atoms with E-state index in [0.29, 0.717) is 31.6 Å². The molecule has 1 saturated heterocycles. The quantitative estimate of drug-likeness (QED) is 0.941. The van der Waals surface area contributed by atoms with Crippen molar-refractivity contribution in [3.8, 4) is 9.88 Å². The Bertz CT molecular complexity index is 643. The normalized spacial score (nSPS) is 16.1. The van der Waals surface area contributed by atoms with Crippen molar-refractivity contribution in [2.24, 2.45) is 11.7 Å². The maximum atomic E-state index is 12.4. The van der Waals surface area contributed by atoms with Gasteiger partial charge in [0.05, 0.1) is 4.88 Å². The summed E-state index contributed by atoms with van der Waals surface area (Å²) in [7, 11) is 0. The molecule has 0 aliphatic carbocycles. The van der Waals surface area contributed by atoms with Crippen LogP contribution < -0.4 is 5.73 Å². The van der Waals surface area contributed by atoms with Gasteiger partial charge in [-0.05, 0) is 24.3 Å². The summed E-state index contributed by atoms with van der Waals surface area (Å²) in [4.78, 5) is 30.8. The monoisotopic (exact) mass is 321 g/mol. The number of aromatic nitrogens is 1. The molecule has 3 rings (SSSR count). The van der Waals surface area contributed by atoms with Crippen molar-refractivity contribution in [1.82, 2.24) is 9.88 Å². The number of carbonyl (C=O) groups excluding carboxylic acids is 2. The Kier molecular flexibility index (Phi) is 4.03. The molecule has 1 aliphatic heterocycles. The van der Waals surface area contributed by atoms with Crippen molar-refractivity contribution in [2.45, 2.75) is 12.8 Å². The molecule has 2 aromatic rings. The van der Waals surface area contributed by atoms with Crippen molar-refractivity contribution in [3.05, 3.63) is 28.6 Å². The summed E-state index contributed by atoms with van der Waals surface area (Å²) in [6, 6.07) is 3.97. The lowest BCUT2D eigenvalue weighted by Gasteiger charge is -2.30. The van der Waals surface area contributed by atoms with Gasteiger partial charge in [-0.3, -0.25) is 9.59 Å². The Balaban J connectivity index is 1.68. The number of nitrogens with zero attached hydrogens (tertiary/aromatic N) is 2. The minimum Gasteiger partial charge on any atom is -0.369 e. The van der Waals surface area contributed by atoms with E-state index in [4.69, 9.17) is 5.73 Å². The third-order valence-electron chi connectivity index (χ3n) is 3.64. The Hall–Kier alpha value is -1.73. The summed E-state index contributed by atoms with van der Waals surface area (Å²) >= 11 is 3.09. The van der Waals surface area contributed by atoms with Crippen LogP contribution in [0.3, 0.4) is 0 Å². The number of amides is 2. The molecule has 7 heteroatoms. The molecular formula is C14H15N3O2S2. The number of piperidine rings is 1. The number of rotatable bonds is 3. The first-order valence-electron chi connectivity index (χ1n) is 6.73. The Labute approximate surface area is 130 Å². The van der Waals surface area contributed by atoms with E-state index in [1.165, 1.54) is 11.3 Å². The first kappa shape index (κ1) is 14.2. The molecule has 0 radical (unpaired) electrons. The van der Waals surface area contributed by atoms with Gasteiger partial charge < -0.3 is 10.6 Å². The summed E-state index contributed by atoms with van der Waals surface area (Å²) in [6.45, 7) is 1.14. The topological polar surface area (TPSA) is 76.3 Å². The van der Waals surface area contributed by atoms with Crippen LogP contribution in [0.5, 0.6) is 0 Å². The van der Waals surface area contributed by atoms with Gasteiger partial charge in [0.2, 0.25) is 5.91 Å². The number of hydrogen-bond acceptors (Lipinski definition) is 5. The molecule has 2 N–H and O–H groups in total. The lowest BCUT2D eigenvalue weighted by molar-refractivity contribution is -0.123. The summed E-state index contributed by atoms with van der Waals surface area (Å²) in [5.74, 6) is -0.432. The molecule has 0 unspecified atom stereocenters. The van der Waals surface area contributed by atoms with Crippen LogP contribution in [0.15, 0.2) is 22.9 Å². The summed E-state index contributed by atoms with van der Waals surface area (Å²) in [6.07, 6.45) is 1.28. The lowest BCUT2D eigenvalue weighted by Crippen LogP contribution is -2.41. The molecule has 2 aromatic heterocycles. The van der Waals surface area contributed by atoms with Crippen LogP contribution in [0.1, 0.15) is 23.3 Å². The third kappa shape index (κ3) is 2.98. The summed E-state index contributed by atoms with van der Waals surface area (Å²) in [5.41, 5.74) is 5.79. The molecule has 0 atom stereocenters. The van der Waals surface area contributed by atoms with E-state index in [0.717, 1.165) is 9.88 Å². The van der Waals surface area contributed by atoms with Crippen LogP contribution in [-0.4, -0.2) is 34.8 Å². The van der Waals surface area contributed by atoms with Crippen molar-refractivity contribution < 1.29 is 9.59 Å². The van der Waals surface area contributed by atoms with Gasteiger partial charge in [0.15, 0.2) is 0 Å². The second-order valence-electron chi connectivity index (χ2n) is 4.98. The fourth-order valence-corrected chi connectivity index (χ4v) is 4.02. The SMILES string of the molecule is NC(=O)C1CCN(C(=O)c2csc(-c3cccs3)n2)CC1. The van der Waals surface area contributed by atoms with Gasteiger partial charge in [-0.25, -0.2) is 4.98 Å². The van der Waals surface area contributed by atoms with Gasteiger partial charge in [0.1, 0.15) is 10.7 Å². The molecule has 0 spiro atoms. The minimum absolute atomic E-state index is 0.0584. The zero-order chi connectivity index (χ0) is 14.8. The van der Waals surface area contributed by atoms with Crippen molar-refractivity contribution in [3.63, 3.8) is 0 Å². The number of primary amides is 1. The first-order chi connectivity index (χ1) is 10.1. The molecule has 1 fully saturated rings. The third-order valence-corrected chi connectivity index (χ3v) is 5.52. The molecule has 3 heterocycles. The van der Waals surface area contributed by atoms with E-state index in [-0.39, 0.29) is 17.7 Å². The highest BCUT2D eigenvalue weighted by Gasteiger charge is 2.27. The molecule has 110 valence electrons. The Morgan fingerprint density at radius 2 is 2.05 bits per heavy atom. The van der Waals surface area contributed by atoms with Gasteiger partial charge in [-0.2, -0.15) is 0 Å². The first-order valence-corrected chi connectivity index (χ1v) is 8.49. The van der Waals surface area contributed by atoms with Gasteiger partial charge in [-0.15, -0.1) is 22.7 Å². The van der Waals surface area contributed by atoms with Crippen LogP contribution in [0.2, 0.25) is 0 Å². The standard InChI is InChI=1S/C14H15N3O2S2/c15-12(18)9-3-5-17(6-4-9)14(19)10-8-21-13(16-10)11-2-1-7-20-11/h1-2,7-9H,3-6H2,(H2,15,18). The van der Waals surface area contributed by atoms with Crippen LogP contribution in [-0.2, 0) is 4.79 Å². The highest BCUT2D eigenvalue weighted by molar-refractivity contribution is 7.20. The van der Waals surface area contributed by atoms with E-state index in [2.05, 4.69) is 4.98 Å². The van der Waals surface area contributed by atoms with Gasteiger partial charge in [-0.1, -0.05) is 6.07 Å². The zero-order valence-corrected chi connectivity index (χ0v) is 13.0. The summed E-state index contributed by atoms with van der Waals surface area (Å²) in [5, 5.41) is 4.67. The highest BCUT2D eigenvalue weighted by Crippen LogP contribution is 2.28. The van der Waals surface area contributed by atoms with Crippen LogP contribution in [0, 0.1) is 5.92 Å². The van der Waals surface area contributed by atoms with Gasteiger partial charge in [0, 0.05) is 24.4 Å². The van der Waals surface area contributed by atoms with Crippen molar-refractivity contribution in [2.75, 3.05) is 13.1 Å². The Morgan fingerprint density at radius 3 is 2.67 bits per heavy atom. The maximum absolute atomic E-state index is 12.4. The lowest BCUT2D eigenvalue weighted by atomic mass is 9.96. The number of nitrogens with two attached hydrogens (primary N) is 1. The average Bonchev–Trinajstić information content (AvgIpc) is 3.17. The van der Waals surface area contributed by atoms with E-state index >= 15 is 0 Å². The number of thiazole rings is 1. The number of carbonyl (C=O) groups is 2. The Morgan fingerprint density at radius 1 is 1.29 bits per heavy atom. The molecular weight excluding hydrogens is 306 g/mol. The minimum atomic E-state index is -0.268. The smallest absolute Gasteiger partial charge is 0.273 e. The van der Waals surface area contributed by atoms with Crippen LogP contribution in [0.4, 0.5) is 0 Å². The van der Waals surface area contributed by atoms with Crippen LogP contribution >= 0.6 is 22.7 Å². The van der Waals surface area contributed by atoms with E-state index in [1.54, 1.807) is 21.6 Å². The van der Waals surface area contributed by atoms with Crippen molar-refractivity contribution >= 4 is 34.5 Å². The predicted molar refractivity (Wildman–Crippen MR) is 83.2 cm³/mol. The molecule has 1 aliphatic rings. The predicted octanol–water partition coefficient (Wildman–Crippen LogP) is 2.21. The van der Waals surface area contributed by atoms with Gasteiger partial charge >= 0.3 is 0 Å². The zero-order valence-electron chi connectivity index (χ0n) is 11.3. The molecule has 5 nitrogen and oxygen atoms in total. The van der Waals surface area contributed by atoms with Crippen molar-refractivity contribution in [1.29, 1.82) is 0 Å². The molecule has 21 heavy (non-hydrogen) atoms. The molecule has 2 amide bonds. The number of thiophene rings is 1. The van der Waals surface area contributed by atoms with Gasteiger partial charge in [0.25, 0.3) is 5.91 Å². The fraction of sp³-hybridized carbons (Fsp3) is 0.357. The molecule has 0 bridgehead atoms. The van der Waals surface area contributed by atoms with E-state index in [1.807, 2.05) is 17.5 Å². The highest BCUT2D eigenvalue weighted by atomic mass is 32.1. The number of likely N-dealkylation sites (tertiary alicyclic amines) is 1. The van der Waals surface area contributed by atoms with E-state index in [9.17, 15) is 9.59 Å². The molecule has 0 aromatic carbocycles. The number of hydrogen-bond donors (Lipinski definition) is 1. The second-order valence-corrected chi connectivity index (χ2v) is 6.79. The average molecular weight is 321 g/mol. The van der Waals surface area contributed by atoms with E-state index < -0.39 is 0 Å². The van der Waals surface area contributed by atoms with Crippen LogP contribution in [0.25, 0.3) is 9.88 Å². The molecule has 0 saturated carbocycles.